The van der Waals surface area contributed by atoms with Crippen molar-refractivity contribution in [2.45, 2.75) is 41.0 Å². The Labute approximate surface area is 120 Å². The van der Waals surface area contributed by atoms with E-state index in [1.165, 1.54) is 22.0 Å². The van der Waals surface area contributed by atoms with Crippen LogP contribution >= 0.6 is 0 Å². The number of benzene rings is 1. The molecule has 0 saturated carbocycles. The zero-order valence-electron chi connectivity index (χ0n) is 13.0. The predicted molar refractivity (Wildman–Crippen MR) is 85.3 cm³/mol. The monoisotopic (exact) mass is 266 g/mol. The first-order valence-corrected chi connectivity index (χ1v) is 7.22. The number of aromatic nitrogens is 2. The lowest BCUT2D eigenvalue weighted by Crippen LogP contribution is -2.11. The fourth-order valence-corrected chi connectivity index (χ4v) is 2.82. The third-order valence-electron chi connectivity index (χ3n) is 3.76. The van der Waals surface area contributed by atoms with Crippen molar-refractivity contribution in [2.24, 2.45) is 5.41 Å². The lowest BCUT2D eigenvalue weighted by molar-refractivity contribution is 0.404. The minimum absolute atomic E-state index is 0.267. The van der Waals surface area contributed by atoms with Gasteiger partial charge in [-0.2, -0.15) is 0 Å². The zero-order chi connectivity index (χ0) is 14.5. The Bertz CT molecular complexity index is 788. The van der Waals surface area contributed by atoms with Crippen molar-refractivity contribution < 1.29 is 0 Å². The van der Waals surface area contributed by atoms with Crippen LogP contribution < -0.4 is 0 Å². The van der Waals surface area contributed by atoms with Crippen molar-refractivity contribution >= 4 is 16.4 Å². The minimum atomic E-state index is 0.267. The largest absolute Gasteiger partial charge is 0.303 e. The van der Waals surface area contributed by atoms with E-state index in [-0.39, 0.29) is 5.41 Å². The SMILES string of the molecule is Cc1ccc2c(ccn3c(CC(C)(C)C)c(C)nc23)c1. The van der Waals surface area contributed by atoms with Crippen LogP contribution in [-0.4, -0.2) is 9.38 Å². The van der Waals surface area contributed by atoms with Crippen molar-refractivity contribution in [3.63, 3.8) is 0 Å². The molecule has 2 heterocycles. The second-order valence-electron chi connectivity index (χ2n) is 6.98. The van der Waals surface area contributed by atoms with Crippen LogP contribution in [-0.2, 0) is 6.42 Å². The number of hydrogen-bond acceptors (Lipinski definition) is 1. The van der Waals surface area contributed by atoms with Crippen LogP contribution in [0.15, 0.2) is 30.5 Å². The van der Waals surface area contributed by atoms with Gasteiger partial charge in [-0.25, -0.2) is 4.98 Å². The number of rotatable bonds is 1. The third-order valence-corrected chi connectivity index (χ3v) is 3.76. The van der Waals surface area contributed by atoms with Crippen LogP contribution in [0.3, 0.4) is 0 Å². The van der Waals surface area contributed by atoms with E-state index >= 15 is 0 Å². The molecule has 0 saturated heterocycles. The smallest absolute Gasteiger partial charge is 0.145 e. The summed E-state index contributed by atoms with van der Waals surface area (Å²) < 4.78 is 2.26. The van der Waals surface area contributed by atoms with Crippen LogP contribution in [0.5, 0.6) is 0 Å². The van der Waals surface area contributed by atoms with Crippen molar-refractivity contribution in [3.05, 3.63) is 47.4 Å². The molecule has 0 amide bonds. The Kier molecular flexibility index (Phi) is 2.86. The van der Waals surface area contributed by atoms with Crippen LogP contribution in [0.2, 0.25) is 0 Å². The van der Waals surface area contributed by atoms with Gasteiger partial charge in [-0.05, 0) is 37.1 Å². The molecule has 0 aliphatic heterocycles. The van der Waals surface area contributed by atoms with Gasteiger partial charge in [0.1, 0.15) is 5.65 Å². The van der Waals surface area contributed by atoms with E-state index in [1.54, 1.807) is 0 Å². The summed E-state index contributed by atoms with van der Waals surface area (Å²) in [6.45, 7) is 11.1. The van der Waals surface area contributed by atoms with E-state index in [4.69, 9.17) is 4.98 Å². The normalized spacial score (nSPS) is 12.4. The predicted octanol–water partition coefficient (Wildman–Crippen LogP) is 4.69. The van der Waals surface area contributed by atoms with E-state index in [9.17, 15) is 0 Å². The molecule has 2 nitrogen and oxygen atoms in total. The third kappa shape index (κ3) is 2.20. The van der Waals surface area contributed by atoms with Gasteiger partial charge in [0, 0.05) is 17.3 Å². The molecule has 0 bridgehead atoms. The fraction of sp³-hybridized carbons (Fsp3) is 0.389. The molecule has 0 unspecified atom stereocenters. The summed E-state index contributed by atoms with van der Waals surface area (Å²) in [7, 11) is 0. The Morgan fingerprint density at radius 1 is 1.10 bits per heavy atom. The summed E-state index contributed by atoms with van der Waals surface area (Å²) >= 11 is 0. The topological polar surface area (TPSA) is 17.3 Å². The zero-order valence-corrected chi connectivity index (χ0v) is 13.0. The van der Waals surface area contributed by atoms with E-state index in [0.29, 0.717) is 0 Å². The Hall–Kier alpha value is -1.83. The highest BCUT2D eigenvalue weighted by atomic mass is 15.0. The van der Waals surface area contributed by atoms with E-state index in [2.05, 4.69) is 69.5 Å². The number of nitrogens with zero attached hydrogens (tertiary/aromatic N) is 2. The summed E-state index contributed by atoms with van der Waals surface area (Å²) in [4.78, 5) is 4.82. The molecular formula is C18H22N2. The van der Waals surface area contributed by atoms with Gasteiger partial charge in [0.2, 0.25) is 0 Å². The van der Waals surface area contributed by atoms with Gasteiger partial charge in [-0.3, -0.25) is 0 Å². The molecule has 0 aliphatic carbocycles. The van der Waals surface area contributed by atoms with Gasteiger partial charge in [0.15, 0.2) is 0 Å². The van der Waals surface area contributed by atoms with E-state index in [0.717, 1.165) is 17.8 Å². The molecule has 0 fully saturated rings. The maximum Gasteiger partial charge on any atom is 0.145 e. The standard InChI is InChI=1S/C18H22N2/c1-12-6-7-15-14(10-12)8-9-20-16(11-18(3,4)5)13(2)19-17(15)20/h6-10H,11H2,1-5H3. The van der Waals surface area contributed by atoms with Crippen molar-refractivity contribution in [3.8, 4) is 0 Å². The maximum atomic E-state index is 4.82. The number of pyridine rings is 1. The highest BCUT2D eigenvalue weighted by Crippen LogP contribution is 2.27. The van der Waals surface area contributed by atoms with Crippen LogP contribution in [0.4, 0.5) is 0 Å². The highest BCUT2D eigenvalue weighted by Gasteiger charge is 2.18. The number of hydrogen-bond donors (Lipinski definition) is 0. The summed E-state index contributed by atoms with van der Waals surface area (Å²) in [5, 5.41) is 2.51. The molecule has 20 heavy (non-hydrogen) atoms. The molecular weight excluding hydrogens is 244 g/mol. The second kappa shape index (κ2) is 4.34. The van der Waals surface area contributed by atoms with Crippen molar-refractivity contribution in [1.82, 2.24) is 9.38 Å². The van der Waals surface area contributed by atoms with Crippen LogP contribution in [0, 0.1) is 19.3 Å². The molecule has 0 atom stereocenters. The first-order valence-electron chi connectivity index (χ1n) is 7.22. The first kappa shape index (κ1) is 13.2. The number of fused-ring (bicyclic) bond motifs is 3. The summed E-state index contributed by atoms with van der Waals surface area (Å²) in [5.74, 6) is 0. The minimum Gasteiger partial charge on any atom is -0.303 e. The molecule has 104 valence electrons. The maximum absolute atomic E-state index is 4.82. The van der Waals surface area contributed by atoms with Gasteiger partial charge < -0.3 is 4.40 Å². The van der Waals surface area contributed by atoms with Crippen molar-refractivity contribution in [1.29, 1.82) is 0 Å². The van der Waals surface area contributed by atoms with E-state index in [1.807, 2.05) is 0 Å². The average molecular weight is 266 g/mol. The molecule has 0 radical (unpaired) electrons. The highest BCUT2D eigenvalue weighted by molar-refractivity contribution is 5.94. The van der Waals surface area contributed by atoms with Gasteiger partial charge >= 0.3 is 0 Å². The lowest BCUT2D eigenvalue weighted by Gasteiger charge is -2.18. The molecule has 3 aromatic rings. The van der Waals surface area contributed by atoms with Crippen molar-refractivity contribution in [2.75, 3.05) is 0 Å². The van der Waals surface area contributed by atoms with Gasteiger partial charge in [0.25, 0.3) is 0 Å². The summed E-state index contributed by atoms with van der Waals surface area (Å²) in [5.41, 5.74) is 5.12. The van der Waals surface area contributed by atoms with Gasteiger partial charge in [-0.1, -0.05) is 44.5 Å². The second-order valence-corrected chi connectivity index (χ2v) is 6.98. The van der Waals surface area contributed by atoms with E-state index < -0.39 is 0 Å². The Morgan fingerprint density at radius 3 is 2.55 bits per heavy atom. The van der Waals surface area contributed by atoms with Crippen LogP contribution in [0.1, 0.15) is 37.7 Å². The lowest BCUT2D eigenvalue weighted by atomic mass is 9.90. The molecule has 2 heteroatoms. The number of imidazole rings is 1. The first-order chi connectivity index (χ1) is 9.35. The summed E-state index contributed by atoms with van der Waals surface area (Å²) in [6, 6.07) is 8.77. The molecule has 0 spiro atoms. The number of aryl methyl sites for hydroxylation is 2. The molecule has 0 N–H and O–H groups in total. The molecule has 3 rings (SSSR count). The van der Waals surface area contributed by atoms with Crippen LogP contribution in [0.25, 0.3) is 16.4 Å². The molecule has 0 aliphatic rings. The van der Waals surface area contributed by atoms with Gasteiger partial charge in [-0.15, -0.1) is 0 Å². The Morgan fingerprint density at radius 2 is 1.85 bits per heavy atom. The van der Waals surface area contributed by atoms with Gasteiger partial charge in [0.05, 0.1) is 5.69 Å². The molecule has 2 aromatic heterocycles. The average Bonchev–Trinajstić information content (AvgIpc) is 2.64. The quantitative estimate of drug-likeness (QED) is 0.624. The Balaban J connectivity index is 2.29. The molecule has 1 aromatic carbocycles. The fourth-order valence-electron chi connectivity index (χ4n) is 2.82. The summed E-state index contributed by atoms with van der Waals surface area (Å²) in [6.07, 6.45) is 3.20.